The molecule has 2 rings (SSSR count). The van der Waals surface area contributed by atoms with Gasteiger partial charge in [-0.2, -0.15) is 0 Å². The lowest BCUT2D eigenvalue weighted by molar-refractivity contribution is 0.490. The minimum atomic E-state index is 0.503. The monoisotopic (exact) mass is 279 g/mol. The molecule has 3 nitrogen and oxygen atoms in total. The quantitative estimate of drug-likeness (QED) is 0.877. The molecular weight excluding hydrogens is 258 g/mol. The van der Waals surface area contributed by atoms with E-state index < -0.39 is 0 Å². The van der Waals surface area contributed by atoms with Gasteiger partial charge in [-0.15, -0.1) is 0 Å². The molecule has 0 aliphatic rings. The van der Waals surface area contributed by atoms with Crippen LogP contribution < -0.4 is 5.73 Å². The van der Waals surface area contributed by atoms with Gasteiger partial charge >= 0.3 is 0 Å². The molecule has 0 spiro atoms. The number of aryl methyl sites for hydroxylation is 1. The highest BCUT2D eigenvalue weighted by Crippen LogP contribution is 2.23. The predicted octanol–water partition coefficient (Wildman–Crippen LogP) is 3.63. The lowest BCUT2D eigenvalue weighted by Crippen LogP contribution is -2.18. The Hall–Kier alpha value is -1.06. The highest BCUT2D eigenvalue weighted by molar-refractivity contribution is 6.31. The van der Waals surface area contributed by atoms with Crippen molar-refractivity contribution in [3.63, 3.8) is 0 Å². The molecule has 1 unspecified atom stereocenters. The average molecular weight is 280 g/mol. The van der Waals surface area contributed by atoms with Crippen molar-refractivity contribution in [3.05, 3.63) is 29.0 Å². The molecule has 104 valence electrons. The second-order valence-corrected chi connectivity index (χ2v) is 5.46. The second-order valence-electron chi connectivity index (χ2n) is 5.03. The zero-order valence-corrected chi connectivity index (χ0v) is 12.5. The van der Waals surface area contributed by atoms with E-state index in [1.165, 1.54) is 0 Å². The second kappa shape index (κ2) is 6.40. The van der Waals surface area contributed by atoms with E-state index in [0.717, 1.165) is 47.7 Å². The molecule has 0 aliphatic carbocycles. The van der Waals surface area contributed by atoms with E-state index >= 15 is 0 Å². The Morgan fingerprint density at radius 2 is 2.16 bits per heavy atom. The van der Waals surface area contributed by atoms with Crippen molar-refractivity contribution in [1.82, 2.24) is 9.55 Å². The van der Waals surface area contributed by atoms with Gasteiger partial charge in [0.25, 0.3) is 0 Å². The number of halogens is 1. The van der Waals surface area contributed by atoms with Gasteiger partial charge in [-0.05, 0) is 37.1 Å². The Morgan fingerprint density at radius 1 is 1.37 bits per heavy atom. The Labute approximate surface area is 119 Å². The third-order valence-electron chi connectivity index (χ3n) is 3.62. The van der Waals surface area contributed by atoms with Crippen molar-refractivity contribution in [2.45, 2.75) is 39.7 Å². The van der Waals surface area contributed by atoms with Gasteiger partial charge in [0.05, 0.1) is 11.0 Å². The maximum atomic E-state index is 6.10. The van der Waals surface area contributed by atoms with Crippen molar-refractivity contribution >= 4 is 22.6 Å². The van der Waals surface area contributed by atoms with Crippen LogP contribution in [0.25, 0.3) is 11.0 Å². The number of nitrogens with zero attached hydrogens (tertiary/aromatic N) is 2. The molecule has 1 aromatic heterocycles. The standard InChI is InChI=1S/C15H22ClN3/c1-3-7-19-14-9-12(16)5-6-13(14)18-15(19)8-11(4-2)10-17/h5-6,9,11H,3-4,7-8,10,17H2,1-2H3. The van der Waals surface area contributed by atoms with E-state index in [9.17, 15) is 0 Å². The molecule has 19 heavy (non-hydrogen) atoms. The van der Waals surface area contributed by atoms with Crippen LogP contribution in [0.2, 0.25) is 5.02 Å². The van der Waals surface area contributed by atoms with Gasteiger partial charge in [-0.3, -0.25) is 0 Å². The van der Waals surface area contributed by atoms with E-state index in [2.05, 4.69) is 18.4 Å². The molecule has 0 fully saturated rings. The fourth-order valence-electron chi connectivity index (χ4n) is 2.43. The van der Waals surface area contributed by atoms with Crippen LogP contribution in [-0.4, -0.2) is 16.1 Å². The Kier molecular flexibility index (Phi) is 4.83. The molecule has 0 aliphatic heterocycles. The fraction of sp³-hybridized carbons (Fsp3) is 0.533. The van der Waals surface area contributed by atoms with Gasteiger partial charge < -0.3 is 10.3 Å². The molecule has 0 saturated carbocycles. The maximum Gasteiger partial charge on any atom is 0.110 e. The fourth-order valence-corrected chi connectivity index (χ4v) is 2.59. The number of benzene rings is 1. The minimum absolute atomic E-state index is 0.503. The summed E-state index contributed by atoms with van der Waals surface area (Å²) in [5.41, 5.74) is 7.98. The van der Waals surface area contributed by atoms with Crippen LogP contribution in [0.1, 0.15) is 32.5 Å². The summed E-state index contributed by atoms with van der Waals surface area (Å²) in [5.74, 6) is 1.64. The lowest BCUT2D eigenvalue weighted by atomic mass is 10.0. The van der Waals surface area contributed by atoms with Crippen LogP contribution in [0, 0.1) is 5.92 Å². The number of aromatic nitrogens is 2. The molecule has 0 amide bonds. The van der Waals surface area contributed by atoms with E-state index in [1.807, 2.05) is 18.2 Å². The summed E-state index contributed by atoms with van der Waals surface area (Å²) in [7, 11) is 0. The zero-order chi connectivity index (χ0) is 13.8. The van der Waals surface area contributed by atoms with Crippen LogP contribution in [-0.2, 0) is 13.0 Å². The summed E-state index contributed by atoms with van der Waals surface area (Å²) >= 11 is 6.10. The maximum absolute atomic E-state index is 6.10. The first kappa shape index (κ1) is 14.4. The molecule has 2 N–H and O–H groups in total. The summed E-state index contributed by atoms with van der Waals surface area (Å²) in [6, 6.07) is 5.90. The Morgan fingerprint density at radius 3 is 2.79 bits per heavy atom. The molecule has 0 radical (unpaired) electrons. The molecular formula is C15H22ClN3. The summed E-state index contributed by atoms with van der Waals surface area (Å²) in [4.78, 5) is 4.76. The first-order chi connectivity index (χ1) is 9.19. The molecule has 1 atom stereocenters. The summed E-state index contributed by atoms with van der Waals surface area (Å²) < 4.78 is 2.29. The highest BCUT2D eigenvalue weighted by Gasteiger charge is 2.14. The smallest absolute Gasteiger partial charge is 0.110 e. The first-order valence-corrected chi connectivity index (χ1v) is 7.42. The third-order valence-corrected chi connectivity index (χ3v) is 3.85. The number of rotatable bonds is 6. The number of fused-ring (bicyclic) bond motifs is 1. The van der Waals surface area contributed by atoms with Crippen molar-refractivity contribution in [2.75, 3.05) is 6.54 Å². The Balaban J connectivity index is 2.44. The molecule has 0 saturated heterocycles. The lowest BCUT2D eigenvalue weighted by Gasteiger charge is -2.13. The van der Waals surface area contributed by atoms with E-state index in [0.29, 0.717) is 12.5 Å². The van der Waals surface area contributed by atoms with Gasteiger partial charge in [0, 0.05) is 18.0 Å². The number of hydrogen-bond donors (Lipinski definition) is 1. The Bertz CT molecular complexity index is 544. The predicted molar refractivity (Wildman–Crippen MR) is 81.6 cm³/mol. The van der Waals surface area contributed by atoms with Crippen molar-refractivity contribution in [3.8, 4) is 0 Å². The van der Waals surface area contributed by atoms with Gasteiger partial charge in [0.15, 0.2) is 0 Å². The van der Waals surface area contributed by atoms with Crippen LogP contribution in [0.3, 0.4) is 0 Å². The first-order valence-electron chi connectivity index (χ1n) is 7.04. The van der Waals surface area contributed by atoms with Gasteiger partial charge in [-0.1, -0.05) is 31.9 Å². The molecule has 0 bridgehead atoms. The van der Waals surface area contributed by atoms with Gasteiger partial charge in [-0.25, -0.2) is 4.98 Å². The van der Waals surface area contributed by atoms with Gasteiger partial charge in [0.2, 0.25) is 0 Å². The molecule has 1 heterocycles. The average Bonchev–Trinajstić information content (AvgIpc) is 2.74. The number of imidazole rings is 1. The van der Waals surface area contributed by atoms with E-state index in [-0.39, 0.29) is 0 Å². The summed E-state index contributed by atoms with van der Waals surface area (Å²) in [6.07, 6.45) is 3.12. The zero-order valence-electron chi connectivity index (χ0n) is 11.7. The third kappa shape index (κ3) is 3.10. The molecule has 1 aromatic carbocycles. The van der Waals surface area contributed by atoms with Crippen molar-refractivity contribution < 1.29 is 0 Å². The van der Waals surface area contributed by atoms with E-state index in [4.69, 9.17) is 22.3 Å². The van der Waals surface area contributed by atoms with Crippen LogP contribution in [0.5, 0.6) is 0 Å². The molecule has 2 aromatic rings. The highest BCUT2D eigenvalue weighted by atomic mass is 35.5. The normalized spacial score (nSPS) is 13.1. The van der Waals surface area contributed by atoms with Crippen LogP contribution >= 0.6 is 11.6 Å². The molecule has 4 heteroatoms. The van der Waals surface area contributed by atoms with Crippen molar-refractivity contribution in [2.24, 2.45) is 11.7 Å². The van der Waals surface area contributed by atoms with Crippen LogP contribution in [0.15, 0.2) is 18.2 Å². The van der Waals surface area contributed by atoms with Crippen molar-refractivity contribution in [1.29, 1.82) is 0 Å². The van der Waals surface area contributed by atoms with Crippen LogP contribution in [0.4, 0.5) is 0 Å². The number of hydrogen-bond acceptors (Lipinski definition) is 2. The van der Waals surface area contributed by atoms with Gasteiger partial charge in [0.1, 0.15) is 5.82 Å². The largest absolute Gasteiger partial charge is 0.330 e. The number of nitrogens with two attached hydrogens (primary N) is 1. The van der Waals surface area contributed by atoms with E-state index in [1.54, 1.807) is 0 Å². The minimum Gasteiger partial charge on any atom is -0.330 e. The SMILES string of the molecule is CCCn1c(CC(CC)CN)nc2ccc(Cl)cc21. The summed E-state index contributed by atoms with van der Waals surface area (Å²) in [5, 5.41) is 0.766. The topological polar surface area (TPSA) is 43.8 Å². The summed E-state index contributed by atoms with van der Waals surface area (Å²) in [6.45, 7) is 6.06.